The molecule has 1 aromatic rings. The van der Waals surface area contributed by atoms with Crippen molar-refractivity contribution in [3.05, 3.63) is 61.0 Å². The van der Waals surface area contributed by atoms with Crippen molar-refractivity contribution in [3.8, 4) is 0 Å². The highest BCUT2D eigenvalue weighted by atomic mass is 16.1. The summed E-state index contributed by atoms with van der Waals surface area (Å²) in [6.07, 6.45) is 4.39. The molecule has 4 heteroatoms. The molecule has 0 saturated carbocycles. The van der Waals surface area contributed by atoms with E-state index in [0.717, 1.165) is 23.9 Å². The van der Waals surface area contributed by atoms with Crippen LogP contribution in [0.2, 0.25) is 0 Å². The van der Waals surface area contributed by atoms with Crippen molar-refractivity contribution >= 4 is 12.8 Å². The largest absolute Gasteiger partial charge is 0.318 e. The second-order valence-corrected chi connectivity index (χ2v) is 3.74. The lowest BCUT2D eigenvalue weighted by atomic mass is 10.1. The first kappa shape index (κ1) is 13.7. The van der Waals surface area contributed by atoms with E-state index in [1.54, 1.807) is 0 Å². The van der Waals surface area contributed by atoms with E-state index in [-0.39, 0.29) is 0 Å². The molecule has 0 aliphatic carbocycles. The summed E-state index contributed by atoms with van der Waals surface area (Å²) in [5.41, 5.74) is 1.96. The van der Waals surface area contributed by atoms with Crippen LogP contribution in [0.5, 0.6) is 0 Å². The predicted molar refractivity (Wildman–Crippen MR) is 70.1 cm³/mol. The summed E-state index contributed by atoms with van der Waals surface area (Å²) in [5, 5.41) is 0. The summed E-state index contributed by atoms with van der Waals surface area (Å²) in [7, 11) is 0. The van der Waals surface area contributed by atoms with E-state index >= 15 is 0 Å². The van der Waals surface area contributed by atoms with E-state index in [9.17, 15) is 9.59 Å². The van der Waals surface area contributed by atoms with E-state index in [0.29, 0.717) is 13.1 Å². The van der Waals surface area contributed by atoms with Gasteiger partial charge in [-0.3, -0.25) is 9.59 Å². The Morgan fingerprint density at radius 2 is 1.39 bits per heavy atom. The maximum absolute atomic E-state index is 10.7. The standard InChI is InChI=1S/C14H16N2O2/c1-3-15(11-17)9-13-6-5-7-14(8-13)10-16(4-2)12-18/h3-8,11-12H,1-2,9-10H2. The van der Waals surface area contributed by atoms with Crippen LogP contribution in [0.1, 0.15) is 11.1 Å². The van der Waals surface area contributed by atoms with Crippen LogP contribution in [0.15, 0.2) is 49.8 Å². The molecule has 0 heterocycles. The predicted octanol–water partition coefficient (Wildman–Crippen LogP) is 1.89. The number of nitrogens with zero attached hydrogens (tertiary/aromatic N) is 2. The molecule has 18 heavy (non-hydrogen) atoms. The first-order valence-corrected chi connectivity index (χ1v) is 5.48. The quantitative estimate of drug-likeness (QED) is 0.655. The Labute approximate surface area is 107 Å². The van der Waals surface area contributed by atoms with Crippen molar-refractivity contribution in [2.45, 2.75) is 13.1 Å². The third-order valence-corrected chi connectivity index (χ3v) is 2.46. The molecule has 0 N–H and O–H groups in total. The van der Waals surface area contributed by atoms with Gasteiger partial charge in [-0.15, -0.1) is 0 Å². The monoisotopic (exact) mass is 244 g/mol. The molecule has 2 amide bonds. The Balaban J connectivity index is 2.78. The molecule has 0 spiro atoms. The lowest BCUT2D eigenvalue weighted by Gasteiger charge is -2.14. The highest BCUT2D eigenvalue weighted by Crippen LogP contribution is 2.10. The average Bonchev–Trinajstić information content (AvgIpc) is 2.42. The number of benzene rings is 1. The molecule has 0 fully saturated rings. The topological polar surface area (TPSA) is 40.6 Å². The number of carbonyl (C=O) groups is 2. The van der Waals surface area contributed by atoms with Crippen molar-refractivity contribution in [2.24, 2.45) is 0 Å². The molecule has 0 unspecified atom stereocenters. The van der Waals surface area contributed by atoms with Crippen LogP contribution in [0.4, 0.5) is 0 Å². The lowest BCUT2D eigenvalue weighted by molar-refractivity contribution is -0.117. The number of hydrogen-bond donors (Lipinski definition) is 0. The van der Waals surface area contributed by atoms with Gasteiger partial charge in [0.1, 0.15) is 0 Å². The summed E-state index contributed by atoms with van der Waals surface area (Å²) in [5.74, 6) is 0. The Hall–Kier alpha value is -2.36. The van der Waals surface area contributed by atoms with Gasteiger partial charge < -0.3 is 9.80 Å². The highest BCUT2D eigenvalue weighted by Gasteiger charge is 2.02. The van der Waals surface area contributed by atoms with Crippen LogP contribution in [-0.2, 0) is 22.7 Å². The second kappa shape index (κ2) is 7.06. The van der Waals surface area contributed by atoms with E-state index in [1.807, 2.05) is 24.3 Å². The fourth-order valence-corrected chi connectivity index (χ4v) is 1.54. The van der Waals surface area contributed by atoms with Crippen LogP contribution in [-0.4, -0.2) is 22.6 Å². The minimum absolute atomic E-state index is 0.468. The maximum atomic E-state index is 10.7. The molecule has 0 bridgehead atoms. The Kier molecular flexibility index (Phi) is 5.38. The Morgan fingerprint density at radius 1 is 0.944 bits per heavy atom. The number of rotatable bonds is 8. The van der Waals surface area contributed by atoms with Gasteiger partial charge in [0.25, 0.3) is 0 Å². The van der Waals surface area contributed by atoms with E-state index in [4.69, 9.17) is 0 Å². The average molecular weight is 244 g/mol. The van der Waals surface area contributed by atoms with E-state index in [1.165, 1.54) is 22.2 Å². The van der Waals surface area contributed by atoms with Crippen molar-refractivity contribution in [1.29, 1.82) is 0 Å². The zero-order chi connectivity index (χ0) is 13.4. The summed E-state index contributed by atoms with van der Waals surface area (Å²) >= 11 is 0. The van der Waals surface area contributed by atoms with Gasteiger partial charge in [0.2, 0.25) is 12.8 Å². The third-order valence-electron chi connectivity index (χ3n) is 2.46. The van der Waals surface area contributed by atoms with Gasteiger partial charge >= 0.3 is 0 Å². The molecular formula is C14H16N2O2. The van der Waals surface area contributed by atoms with Gasteiger partial charge in [-0.1, -0.05) is 37.4 Å². The normalized spacial score (nSPS) is 9.33. The maximum Gasteiger partial charge on any atom is 0.213 e. The van der Waals surface area contributed by atoms with Crippen LogP contribution in [0.25, 0.3) is 0 Å². The van der Waals surface area contributed by atoms with E-state index < -0.39 is 0 Å². The molecule has 1 rings (SSSR count). The number of carbonyl (C=O) groups excluding carboxylic acids is 2. The summed E-state index contributed by atoms with van der Waals surface area (Å²) in [6, 6.07) is 7.67. The summed E-state index contributed by atoms with van der Waals surface area (Å²) in [4.78, 5) is 24.3. The molecule has 0 atom stereocenters. The zero-order valence-electron chi connectivity index (χ0n) is 10.2. The van der Waals surface area contributed by atoms with Crippen LogP contribution in [0.3, 0.4) is 0 Å². The van der Waals surface area contributed by atoms with Crippen molar-refractivity contribution in [3.63, 3.8) is 0 Å². The van der Waals surface area contributed by atoms with Gasteiger partial charge in [0.05, 0.1) is 0 Å². The summed E-state index contributed by atoms with van der Waals surface area (Å²) < 4.78 is 0. The molecule has 0 radical (unpaired) electrons. The van der Waals surface area contributed by atoms with Crippen molar-refractivity contribution < 1.29 is 9.59 Å². The second-order valence-electron chi connectivity index (χ2n) is 3.74. The minimum Gasteiger partial charge on any atom is -0.318 e. The molecule has 94 valence electrons. The van der Waals surface area contributed by atoms with Gasteiger partial charge in [-0.25, -0.2) is 0 Å². The van der Waals surface area contributed by atoms with Crippen LogP contribution >= 0.6 is 0 Å². The Bertz CT molecular complexity index is 390. The summed E-state index contributed by atoms with van der Waals surface area (Å²) in [6.45, 7) is 8.04. The highest BCUT2D eigenvalue weighted by molar-refractivity contribution is 5.50. The van der Waals surface area contributed by atoms with Gasteiger partial charge in [-0.2, -0.15) is 0 Å². The van der Waals surface area contributed by atoms with Gasteiger partial charge in [0, 0.05) is 13.1 Å². The van der Waals surface area contributed by atoms with Crippen molar-refractivity contribution in [1.82, 2.24) is 9.80 Å². The smallest absolute Gasteiger partial charge is 0.213 e. The molecule has 0 aromatic heterocycles. The molecule has 0 saturated heterocycles. The van der Waals surface area contributed by atoms with Gasteiger partial charge in [-0.05, 0) is 23.5 Å². The van der Waals surface area contributed by atoms with Crippen LogP contribution in [0, 0.1) is 0 Å². The number of amides is 2. The van der Waals surface area contributed by atoms with Gasteiger partial charge in [0.15, 0.2) is 0 Å². The third kappa shape index (κ3) is 3.90. The lowest BCUT2D eigenvalue weighted by Crippen LogP contribution is -2.15. The van der Waals surface area contributed by atoms with Crippen molar-refractivity contribution in [2.75, 3.05) is 0 Å². The number of hydrogen-bond acceptors (Lipinski definition) is 2. The molecule has 1 aromatic carbocycles. The van der Waals surface area contributed by atoms with E-state index in [2.05, 4.69) is 13.2 Å². The fourth-order valence-electron chi connectivity index (χ4n) is 1.54. The molecular weight excluding hydrogens is 228 g/mol. The zero-order valence-corrected chi connectivity index (χ0v) is 10.2. The molecule has 0 aliphatic heterocycles. The van der Waals surface area contributed by atoms with Crippen LogP contribution < -0.4 is 0 Å². The Morgan fingerprint density at radius 3 is 1.72 bits per heavy atom. The minimum atomic E-state index is 0.468. The molecule has 4 nitrogen and oxygen atoms in total. The first-order valence-electron chi connectivity index (χ1n) is 5.48. The SMILES string of the molecule is C=CN(C=O)Cc1cccc(CN(C=C)C=O)c1. The first-order chi connectivity index (χ1) is 8.73. The fraction of sp³-hybridized carbons (Fsp3) is 0.143. The molecule has 0 aliphatic rings.